The summed E-state index contributed by atoms with van der Waals surface area (Å²) in [4.78, 5) is 52.5. The summed E-state index contributed by atoms with van der Waals surface area (Å²) in [6.07, 6.45) is 0. The third-order valence-corrected chi connectivity index (χ3v) is 6.32. The van der Waals surface area contributed by atoms with E-state index in [4.69, 9.17) is 9.15 Å². The van der Waals surface area contributed by atoms with Gasteiger partial charge in [-0.15, -0.1) is 0 Å². The van der Waals surface area contributed by atoms with E-state index < -0.39 is 51.7 Å². The number of phenols is 4. The standard InChI is InChI=1S/C26H18O10/c1-9-11(23(32)15-8-35-20-6-18(30)16(28)4-12(20)25(15)34)3-14-24(33)13-5-17(29)19(31)7-21(13)36-26(14)22(9)10(2)27/h3-7,15,28-31H,8H2,1-2H3/t15-/m1/s1. The first-order valence-corrected chi connectivity index (χ1v) is 10.7. The van der Waals surface area contributed by atoms with Gasteiger partial charge < -0.3 is 29.6 Å². The van der Waals surface area contributed by atoms with E-state index >= 15 is 0 Å². The minimum absolute atomic E-state index is 0.00850. The molecule has 36 heavy (non-hydrogen) atoms. The molecule has 5 rings (SSSR count). The van der Waals surface area contributed by atoms with Gasteiger partial charge in [-0.2, -0.15) is 0 Å². The number of hydrogen-bond acceptors (Lipinski definition) is 10. The van der Waals surface area contributed by atoms with Gasteiger partial charge in [0.1, 0.15) is 29.4 Å². The van der Waals surface area contributed by atoms with Gasteiger partial charge in [-0.3, -0.25) is 19.2 Å². The first-order chi connectivity index (χ1) is 17.0. The molecule has 0 saturated heterocycles. The van der Waals surface area contributed by atoms with Crippen molar-refractivity contribution in [1.82, 2.24) is 0 Å². The highest BCUT2D eigenvalue weighted by Crippen LogP contribution is 2.38. The lowest BCUT2D eigenvalue weighted by Gasteiger charge is -2.24. The predicted molar refractivity (Wildman–Crippen MR) is 125 cm³/mol. The molecule has 10 nitrogen and oxygen atoms in total. The highest BCUT2D eigenvalue weighted by Gasteiger charge is 2.37. The molecular formula is C26H18O10. The van der Waals surface area contributed by atoms with Crippen molar-refractivity contribution >= 4 is 39.3 Å². The van der Waals surface area contributed by atoms with Crippen LogP contribution in [0.3, 0.4) is 0 Å². The Morgan fingerprint density at radius 3 is 2.22 bits per heavy atom. The Hall–Kier alpha value is -4.86. The van der Waals surface area contributed by atoms with Crippen LogP contribution in [-0.2, 0) is 0 Å². The van der Waals surface area contributed by atoms with Crippen molar-refractivity contribution in [3.05, 3.63) is 62.8 Å². The van der Waals surface area contributed by atoms with Crippen LogP contribution in [0.5, 0.6) is 28.7 Å². The summed E-state index contributed by atoms with van der Waals surface area (Å²) < 4.78 is 11.2. The van der Waals surface area contributed by atoms with Gasteiger partial charge >= 0.3 is 0 Å². The number of ketones is 3. The number of fused-ring (bicyclic) bond motifs is 3. The van der Waals surface area contributed by atoms with Crippen molar-refractivity contribution in [2.75, 3.05) is 6.61 Å². The first kappa shape index (κ1) is 22.9. The lowest BCUT2D eigenvalue weighted by molar-refractivity contribution is 0.0722. The predicted octanol–water partition coefficient (Wildman–Crippen LogP) is 3.35. The minimum atomic E-state index is -1.34. The second-order valence-electron chi connectivity index (χ2n) is 8.55. The summed E-state index contributed by atoms with van der Waals surface area (Å²) in [5.41, 5.74) is -0.866. The van der Waals surface area contributed by atoms with E-state index in [-0.39, 0.29) is 56.5 Å². The fraction of sp³-hybridized carbons (Fsp3) is 0.154. The zero-order valence-electron chi connectivity index (χ0n) is 18.9. The topological polar surface area (TPSA) is 172 Å². The average Bonchev–Trinajstić information content (AvgIpc) is 2.81. The van der Waals surface area contributed by atoms with Crippen LogP contribution in [0.25, 0.3) is 21.9 Å². The molecule has 0 saturated carbocycles. The number of carbonyl (C=O) groups is 3. The van der Waals surface area contributed by atoms with Crippen molar-refractivity contribution in [3.8, 4) is 28.7 Å². The zero-order valence-corrected chi connectivity index (χ0v) is 18.9. The molecule has 0 amide bonds. The number of benzene rings is 3. The van der Waals surface area contributed by atoms with Gasteiger partial charge in [0.2, 0.25) is 5.43 Å². The number of ether oxygens (including phenoxy) is 1. The molecule has 182 valence electrons. The summed E-state index contributed by atoms with van der Waals surface area (Å²) in [6.45, 7) is 2.35. The molecular weight excluding hydrogens is 472 g/mol. The minimum Gasteiger partial charge on any atom is -0.504 e. The van der Waals surface area contributed by atoms with Gasteiger partial charge in [-0.05, 0) is 37.6 Å². The summed E-state index contributed by atoms with van der Waals surface area (Å²) in [7, 11) is 0. The molecule has 0 spiro atoms. The molecule has 1 atom stereocenters. The molecule has 0 radical (unpaired) electrons. The molecule has 2 heterocycles. The van der Waals surface area contributed by atoms with E-state index in [1.54, 1.807) is 0 Å². The summed E-state index contributed by atoms with van der Waals surface area (Å²) >= 11 is 0. The highest BCUT2D eigenvalue weighted by atomic mass is 16.5. The molecule has 4 N–H and O–H groups in total. The molecule has 1 aliphatic heterocycles. The Bertz CT molecular complexity index is 1730. The van der Waals surface area contributed by atoms with Gasteiger partial charge in [0, 0.05) is 17.7 Å². The first-order valence-electron chi connectivity index (χ1n) is 10.7. The van der Waals surface area contributed by atoms with Crippen LogP contribution in [0.4, 0.5) is 0 Å². The van der Waals surface area contributed by atoms with Crippen molar-refractivity contribution in [3.63, 3.8) is 0 Å². The van der Waals surface area contributed by atoms with E-state index in [0.717, 1.165) is 24.3 Å². The van der Waals surface area contributed by atoms with Crippen LogP contribution in [-0.4, -0.2) is 44.4 Å². The fourth-order valence-electron chi connectivity index (χ4n) is 4.48. The SMILES string of the molecule is CC(=O)c1c(C)c(C(=O)[C@H]2COc3cc(O)c(O)cc3C2=O)cc2c(=O)c3cc(O)c(O)cc3oc12. The lowest BCUT2D eigenvalue weighted by atomic mass is 9.84. The monoisotopic (exact) mass is 490 g/mol. The van der Waals surface area contributed by atoms with E-state index in [1.165, 1.54) is 19.9 Å². The average molecular weight is 490 g/mol. The van der Waals surface area contributed by atoms with E-state index in [2.05, 4.69) is 0 Å². The van der Waals surface area contributed by atoms with Gasteiger partial charge in [-0.1, -0.05) is 0 Å². The molecule has 0 fully saturated rings. The van der Waals surface area contributed by atoms with Crippen LogP contribution in [0.2, 0.25) is 0 Å². The van der Waals surface area contributed by atoms with E-state index in [0.29, 0.717) is 0 Å². The molecule has 1 aliphatic rings. The van der Waals surface area contributed by atoms with Gasteiger partial charge in [0.05, 0.1) is 21.9 Å². The Morgan fingerprint density at radius 1 is 0.889 bits per heavy atom. The van der Waals surface area contributed by atoms with Crippen molar-refractivity contribution in [1.29, 1.82) is 0 Å². The third kappa shape index (κ3) is 3.26. The smallest absolute Gasteiger partial charge is 0.200 e. The van der Waals surface area contributed by atoms with Crippen LogP contribution in [0.15, 0.2) is 39.5 Å². The maximum absolute atomic E-state index is 13.6. The van der Waals surface area contributed by atoms with Gasteiger partial charge in [-0.25, -0.2) is 0 Å². The summed E-state index contributed by atoms with van der Waals surface area (Å²) in [6, 6.07) is 5.37. The number of rotatable bonds is 3. The second-order valence-corrected chi connectivity index (χ2v) is 8.55. The van der Waals surface area contributed by atoms with Crippen molar-refractivity contribution in [2.45, 2.75) is 13.8 Å². The summed E-state index contributed by atoms with van der Waals surface area (Å²) in [5, 5.41) is 38.9. The fourth-order valence-corrected chi connectivity index (χ4v) is 4.48. The maximum atomic E-state index is 13.6. The Kier molecular flexibility index (Phi) is 4.99. The number of phenolic OH excluding ortho intramolecular Hbond substituents is 4. The van der Waals surface area contributed by atoms with E-state index in [1.807, 2.05) is 0 Å². The van der Waals surface area contributed by atoms with Crippen LogP contribution >= 0.6 is 0 Å². The molecule has 4 aromatic rings. The number of aromatic hydroxyl groups is 4. The quantitative estimate of drug-likeness (QED) is 0.144. The third-order valence-electron chi connectivity index (χ3n) is 6.32. The largest absolute Gasteiger partial charge is 0.504 e. The van der Waals surface area contributed by atoms with Crippen molar-refractivity contribution < 1.29 is 44.0 Å². The number of hydrogen-bond donors (Lipinski definition) is 4. The molecule has 3 aromatic carbocycles. The van der Waals surface area contributed by atoms with Gasteiger partial charge in [0.25, 0.3) is 0 Å². The normalized spacial score (nSPS) is 15.1. The van der Waals surface area contributed by atoms with E-state index in [9.17, 15) is 39.6 Å². The lowest BCUT2D eigenvalue weighted by Crippen LogP contribution is -2.34. The van der Waals surface area contributed by atoms with Crippen molar-refractivity contribution in [2.24, 2.45) is 5.92 Å². The Labute approximate surface area is 201 Å². The molecule has 0 aliphatic carbocycles. The van der Waals surface area contributed by atoms with Gasteiger partial charge in [0.15, 0.2) is 40.3 Å². The Morgan fingerprint density at radius 2 is 1.53 bits per heavy atom. The Balaban J connectivity index is 1.72. The molecule has 0 unspecified atom stereocenters. The molecule has 0 bridgehead atoms. The molecule has 1 aromatic heterocycles. The number of carbonyl (C=O) groups excluding carboxylic acids is 3. The van der Waals surface area contributed by atoms with Crippen LogP contribution < -0.4 is 10.2 Å². The highest BCUT2D eigenvalue weighted by molar-refractivity contribution is 6.20. The summed E-state index contributed by atoms with van der Waals surface area (Å²) in [5.74, 6) is -5.33. The molecule has 10 heteroatoms. The number of Topliss-reactive ketones (excluding diaryl/α,β-unsaturated/α-hetero) is 3. The maximum Gasteiger partial charge on any atom is 0.200 e. The van der Waals surface area contributed by atoms with Crippen LogP contribution in [0, 0.1) is 12.8 Å². The second kappa shape index (κ2) is 7.84. The zero-order chi connectivity index (χ0) is 26.0. The van der Waals surface area contributed by atoms with Crippen LogP contribution in [0.1, 0.15) is 43.6 Å².